The molecule has 0 saturated carbocycles. The molecule has 0 unspecified atom stereocenters. The molecule has 11 heteroatoms. The minimum absolute atomic E-state index is 0.135. The number of ether oxygens (including phenoxy) is 1. The summed E-state index contributed by atoms with van der Waals surface area (Å²) in [6, 6.07) is 16.7. The van der Waals surface area contributed by atoms with Gasteiger partial charge < -0.3 is 15.4 Å². The van der Waals surface area contributed by atoms with E-state index in [4.69, 9.17) is 27.9 Å². The van der Waals surface area contributed by atoms with E-state index in [2.05, 4.69) is 15.7 Å². The molecule has 0 aliphatic carbocycles. The molecule has 0 aliphatic rings. The van der Waals surface area contributed by atoms with Gasteiger partial charge in [-0.05, 0) is 42.5 Å². The number of para-hydroxylation sites is 2. The van der Waals surface area contributed by atoms with Gasteiger partial charge in [0.1, 0.15) is 11.6 Å². The molecular weight excluding hydrogens is 486 g/mol. The first-order valence-electron chi connectivity index (χ1n) is 9.69. The van der Waals surface area contributed by atoms with Crippen LogP contribution in [0.15, 0.2) is 71.8 Å². The molecule has 0 fully saturated rings. The van der Waals surface area contributed by atoms with Crippen molar-refractivity contribution in [1.29, 1.82) is 0 Å². The maximum Gasteiger partial charge on any atom is 0.329 e. The lowest BCUT2D eigenvalue weighted by Gasteiger charge is -2.10. The van der Waals surface area contributed by atoms with Crippen LogP contribution in [0.2, 0.25) is 10.0 Å². The topological polar surface area (TPSA) is 109 Å². The van der Waals surface area contributed by atoms with E-state index in [0.29, 0.717) is 27.0 Å². The molecule has 34 heavy (non-hydrogen) atoms. The minimum atomic E-state index is -1.10. The van der Waals surface area contributed by atoms with E-state index < -0.39 is 23.5 Å². The molecule has 3 aromatic rings. The minimum Gasteiger partial charge on any atom is -0.483 e. The molecule has 0 heterocycles. The summed E-state index contributed by atoms with van der Waals surface area (Å²) in [7, 11) is 0. The van der Waals surface area contributed by atoms with Gasteiger partial charge >= 0.3 is 11.8 Å². The van der Waals surface area contributed by atoms with Crippen LogP contribution in [-0.2, 0) is 14.4 Å². The standard InChI is InChI=1S/C23H17Cl2FN4O4/c24-16-10-9-15(11-17(16)25)28-21(31)13-34-20-8-4-1-5-14(20)12-27-30-23(33)22(32)29-19-7-3-2-6-18(19)26/h1-12H,13H2,(H,28,31)(H,29,32)(H,30,33)/b27-12-. The van der Waals surface area contributed by atoms with E-state index in [1.165, 1.54) is 30.5 Å². The van der Waals surface area contributed by atoms with Crippen molar-refractivity contribution < 1.29 is 23.5 Å². The maximum absolute atomic E-state index is 13.6. The summed E-state index contributed by atoms with van der Waals surface area (Å²) < 4.78 is 19.1. The Bertz CT molecular complexity index is 1250. The van der Waals surface area contributed by atoms with E-state index in [-0.39, 0.29) is 12.3 Å². The van der Waals surface area contributed by atoms with Crippen molar-refractivity contribution in [3.05, 3.63) is 88.2 Å². The van der Waals surface area contributed by atoms with E-state index in [0.717, 1.165) is 6.07 Å². The fourth-order valence-electron chi connectivity index (χ4n) is 2.59. The molecule has 0 saturated heterocycles. The fourth-order valence-corrected chi connectivity index (χ4v) is 2.88. The van der Waals surface area contributed by atoms with Crippen molar-refractivity contribution in [1.82, 2.24) is 5.43 Å². The predicted molar refractivity (Wildman–Crippen MR) is 128 cm³/mol. The largest absolute Gasteiger partial charge is 0.483 e. The average molecular weight is 503 g/mol. The number of nitrogens with one attached hydrogen (secondary N) is 3. The lowest BCUT2D eigenvalue weighted by Crippen LogP contribution is -2.32. The summed E-state index contributed by atoms with van der Waals surface area (Å²) in [6.45, 7) is -0.317. The number of hydrazone groups is 1. The third kappa shape index (κ3) is 7.03. The Labute approximate surface area is 203 Å². The molecule has 3 aromatic carbocycles. The summed E-state index contributed by atoms with van der Waals surface area (Å²) >= 11 is 11.8. The van der Waals surface area contributed by atoms with Crippen LogP contribution < -0.4 is 20.8 Å². The first kappa shape index (κ1) is 24.7. The van der Waals surface area contributed by atoms with Crippen LogP contribution in [0.1, 0.15) is 5.56 Å². The Morgan fingerprint density at radius 2 is 1.65 bits per heavy atom. The van der Waals surface area contributed by atoms with Gasteiger partial charge in [-0.25, -0.2) is 9.82 Å². The summed E-state index contributed by atoms with van der Waals surface area (Å²) in [5.41, 5.74) is 2.79. The lowest BCUT2D eigenvalue weighted by molar-refractivity contribution is -0.136. The molecule has 3 amide bonds. The van der Waals surface area contributed by atoms with E-state index in [1.807, 2.05) is 5.43 Å². The second-order valence-electron chi connectivity index (χ2n) is 6.64. The summed E-state index contributed by atoms with van der Waals surface area (Å²) in [5, 5.41) is 9.14. The Hall–Kier alpha value is -3.95. The number of nitrogens with zero attached hydrogens (tertiary/aromatic N) is 1. The first-order chi connectivity index (χ1) is 16.3. The van der Waals surface area contributed by atoms with Crippen LogP contribution in [-0.4, -0.2) is 30.5 Å². The molecule has 0 aliphatic heterocycles. The summed E-state index contributed by atoms with van der Waals surface area (Å²) in [6.07, 6.45) is 1.24. The molecule has 174 valence electrons. The number of carbonyl (C=O) groups excluding carboxylic acids is 3. The van der Waals surface area contributed by atoms with Crippen molar-refractivity contribution in [2.24, 2.45) is 5.10 Å². The normalized spacial score (nSPS) is 10.6. The Balaban J connectivity index is 1.54. The number of rotatable bonds is 7. The number of carbonyl (C=O) groups is 3. The van der Waals surface area contributed by atoms with Gasteiger partial charge in [0, 0.05) is 11.3 Å². The Kier molecular flexibility index (Phi) is 8.55. The van der Waals surface area contributed by atoms with Crippen LogP contribution in [0.5, 0.6) is 5.75 Å². The van der Waals surface area contributed by atoms with E-state index in [9.17, 15) is 18.8 Å². The van der Waals surface area contributed by atoms with Gasteiger partial charge in [0.2, 0.25) is 0 Å². The molecule has 3 N–H and O–H groups in total. The van der Waals surface area contributed by atoms with Gasteiger partial charge in [-0.1, -0.05) is 47.5 Å². The highest BCUT2D eigenvalue weighted by molar-refractivity contribution is 6.42. The van der Waals surface area contributed by atoms with Crippen molar-refractivity contribution >= 4 is 58.5 Å². The Morgan fingerprint density at radius 1 is 0.912 bits per heavy atom. The smallest absolute Gasteiger partial charge is 0.329 e. The number of halogens is 3. The van der Waals surface area contributed by atoms with Gasteiger partial charge in [-0.3, -0.25) is 14.4 Å². The Morgan fingerprint density at radius 3 is 2.41 bits per heavy atom. The zero-order chi connectivity index (χ0) is 24.5. The number of benzene rings is 3. The zero-order valence-electron chi connectivity index (χ0n) is 17.3. The molecule has 0 spiro atoms. The SMILES string of the molecule is O=C(COc1ccccc1/C=N\NC(=O)C(=O)Nc1ccccc1F)Nc1ccc(Cl)c(Cl)c1. The zero-order valence-corrected chi connectivity index (χ0v) is 18.9. The number of anilines is 2. The molecular formula is C23H17Cl2FN4O4. The molecule has 0 bridgehead atoms. The van der Waals surface area contributed by atoms with E-state index >= 15 is 0 Å². The third-order valence-electron chi connectivity index (χ3n) is 4.18. The van der Waals surface area contributed by atoms with E-state index in [1.54, 1.807) is 36.4 Å². The second kappa shape index (κ2) is 11.8. The van der Waals surface area contributed by atoms with Crippen LogP contribution in [0.4, 0.5) is 15.8 Å². The number of amides is 3. The highest BCUT2D eigenvalue weighted by atomic mass is 35.5. The van der Waals surface area contributed by atoms with Crippen LogP contribution >= 0.6 is 23.2 Å². The van der Waals surface area contributed by atoms with Crippen LogP contribution in [0.25, 0.3) is 0 Å². The number of hydrogen-bond donors (Lipinski definition) is 3. The van der Waals surface area contributed by atoms with Crippen molar-refractivity contribution in [2.45, 2.75) is 0 Å². The third-order valence-corrected chi connectivity index (χ3v) is 4.92. The molecule has 3 rings (SSSR count). The molecule has 0 radical (unpaired) electrons. The van der Waals surface area contributed by atoms with Gasteiger partial charge in [0.15, 0.2) is 6.61 Å². The first-order valence-corrected chi connectivity index (χ1v) is 10.4. The molecule has 0 aromatic heterocycles. The second-order valence-corrected chi connectivity index (χ2v) is 7.45. The van der Waals surface area contributed by atoms with Gasteiger partial charge in [-0.15, -0.1) is 0 Å². The van der Waals surface area contributed by atoms with Crippen molar-refractivity contribution in [3.8, 4) is 5.75 Å². The highest BCUT2D eigenvalue weighted by Crippen LogP contribution is 2.25. The van der Waals surface area contributed by atoms with Crippen molar-refractivity contribution in [2.75, 3.05) is 17.2 Å². The molecule has 8 nitrogen and oxygen atoms in total. The van der Waals surface area contributed by atoms with Gasteiger partial charge in [-0.2, -0.15) is 5.10 Å². The maximum atomic E-state index is 13.6. The van der Waals surface area contributed by atoms with Crippen LogP contribution in [0.3, 0.4) is 0 Å². The highest BCUT2D eigenvalue weighted by Gasteiger charge is 2.15. The van der Waals surface area contributed by atoms with Crippen molar-refractivity contribution in [3.63, 3.8) is 0 Å². The average Bonchev–Trinajstić information content (AvgIpc) is 2.82. The van der Waals surface area contributed by atoms with Gasteiger partial charge in [0.25, 0.3) is 5.91 Å². The molecule has 0 atom stereocenters. The van der Waals surface area contributed by atoms with Crippen LogP contribution in [0, 0.1) is 5.82 Å². The quantitative estimate of drug-likeness (QED) is 0.255. The summed E-state index contributed by atoms with van der Waals surface area (Å²) in [5.74, 6) is -3.00. The van der Waals surface area contributed by atoms with Gasteiger partial charge in [0.05, 0.1) is 21.9 Å². The monoisotopic (exact) mass is 502 g/mol. The fraction of sp³-hybridized carbons (Fsp3) is 0.0435. The number of hydrogen-bond acceptors (Lipinski definition) is 5. The summed E-state index contributed by atoms with van der Waals surface area (Å²) in [4.78, 5) is 36.0. The predicted octanol–water partition coefficient (Wildman–Crippen LogP) is 4.24. The lowest BCUT2D eigenvalue weighted by atomic mass is 10.2.